The van der Waals surface area contributed by atoms with E-state index < -0.39 is 0 Å². The zero-order valence-corrected chi connectivity index (χ0v) is 11.3. The van der Waals surface area contributed by atoms with Crippen molar-refractivity contribution in [2.24, 2.45) is 0 Å². The molecule has 1 amide bonds. The molecule has 1 aromatic heterocycles. The Balaban J connectivity index is 2.34. The van der Waals surface area contributed by atoms with Crippen LogP contribution in [0, 0.1) is 18.3 Å². The minimum Gasteiger partial charge on any atom is -0.372 e. The third-order valence-electron chi connectivity index (χ3n) is 2.92. The number of benzene rings is 1. The molecule has 1 aromatic carbocycles. The molecule has 0 aliphatic rings. The Labute approximate surface area is 117 Å². The molecule has 0 radical (unpaired) electrons. The topological polar surface area (TPSA) is 77.8 Å². The Kier molecular flexibility index (Phi) is 3.96. The van der Waals surface area contributed by atoms with E-state index in [1.54, 1.807) is 37.5 Å². The van der Waals surface area contributed by atoms with Gasteiger partial charge < -0.3 is 10.6 Å². The summed E-state index contributed by atoms with van der Waals surface area (Å²) in [6.45, 7) is 1.83. The highest BCUT2D eigenvalue weighted by molar-refractivity contribution is 6.08. The van der Waals surface area contributed by atoms with Crippen molar-refractivity contribution in [3.05, 3.63) is 53.2 Å². The van der Waals surface area contributed by atoms with Gasteiger partial charge in [-0.25, -0.2) is 4.98 Å². The van der Waals surface area contributed by atoms with E-state index in [2.05, 4.69) is 21.7 Å². The number of nitrogens with one attached hydrogen (secondary N) is 2. The number of nitriles is 1. The molecule has 0 aliphatic carbocycles. The molecular formula is C15H14N4O. The van der Waals surface area contributed by atoms with Crippen LogP contribution in [0.3, 0.4) is 0 Å². The number of aryl methyl sites for hydroxylation is 1. The first kappa shape index (κ1) is 13.6. The average molecular weight is 266 g/mol. The lowest BCUT2D eigenvalue weighted by molar-refractivity contribution is 0.102. The van der Waals surface area contributed by atoms with Gasteiger partial charge in [0.05, 0.1) is 16.8 Å². The number of carbonyl (C=O) groups excluding carboxylic acids is 1. The molecular weight excluding hydrogens is 252 g/mol. The lowest BCUT2D eigenvalue weighted by Crippen LogP contribution is -2.15. The summed E-state index contributed by atoms with van der Waals surface area (Å²) in [5, 5.41) is 14.8. The summed E-state index contributed by atoms with van der Waals surface area (Å²) in [6.07, 6.45) is 1.61. The van der Waals surface area contributed by atoms with Gasteiger partial charge in [-0.15, -0.1) is 0 Å². The zero-order chi connectivity index (χ0) is 14.5. The fourth-order valence-corrected chi connectivity index (χ4v) is 1.90. The second-order valence-electron chi connectivity index (χ2n) is 4.21. The molecule has 0 saturated heterocycles. The summed E-state index contributed by atoms with van der Waals surface area (Å²) < 4.78 is 0. The van der Waals surface area contributed by atoms with Gasteiger partial charge in [0.1, 0.15) is 11.9 Å². The van der Waals surface area contributed by atoms with Crippen LogP contribution in [-0.2, 0) is 0 Å². The van der Waals surface area contributed by atoms with Crippen molar-refractivity contribution in [1.82, 2.24) is 4.98 Å². The minimum absolute atomic E-state index is 0.301. The number of nitrogens with zero attached hydrogens (tertiary/aromatic N) is 2. The van der Waals surface area contributed by atoms with Gasteiger partial charge in [0.15, 0.2) is 0 Å². The Morgan fingerprint density at radius 2 is 2.10 bits per heavy atom. The first-order chi connectivity index (χ1) is 9.67. The molecule has 2 rings (SSSR count). The van der Waals surface area contributed by atoms with Gasteiger partial charge in [-0.2, -0.15) is 5.26 Å². The lowest BCUT2D eigenvalue weighted by Gasteiger charge is -2.10. The third-order valence-corrected chi connectivity index (χ3v) is 2.92. The highest BCUT2D eigenvalue weighted by Gasteiger charge is 2.13. The Morgan fingerprint density at radius 3 is 2.80 bits per heavy atom. The predicted molar refractivity (Wildman–Crippen MR) is 77.6 cm³/mol. The van der Waals surface area contributed by atoms with Crippen molar-refractivity contribution in [2.75, 3.05) is 17.7 Å². The van der Waals surface area contributed by atoms with Crippen LogP contribution in [0.4, 0.5) is 11.5 Å². The smallest absolute Gasteiger partial charge is 0.259 e. The van der Waals surface area contributed by atoms with Crippen molar-refractivity contribution in [1.29, 1.82) is 5.26 Å². The third kappa shape index (κ3) is 2.59. The number of rotatable bonds is 3. The summed E-state index contributed by atoms with van der Waals surface area (Å²) in [4.78, 5) is 16.4. The van der Waals surface area contributed by atoms with Crippen molar-refractivity contribution < 1.29 is 4.79 Å². The fraction of sp³-hybridized carbons (Fsp3) is 0.133. The molecule has 0 atom stereocenters. The maximum absolute atomic E-state index is 12.3. The van der Waals surface area contributed by atoms with E-state index in [-0.39, 0.29) is 5.91 Å². The molecule has 2 N–H and O–H groups in total. The van der Waals surface area contributed by atoms with Crippen molar-refractivity contribution >= 4 is 17.4 Å². The Bertz CT molecular complexity index is 689. The van der Waals surface area contributed by atoms with Crippen LogP contribution < -0.4 is 10.6 Å². The fourth-order valence-electron chi connectivity index (χ4n) is 1.90. The van der Waals surface area contributed by atoms with Gasteiger partial charge in [-0.05, 0) is 30.7 Å². The molecule has 0 bridgehead atoms. The highest BCUT2D eigenvalue weighted by atomic mass is 16.1. The maximum Gasteiger partial charge on any atom is 0.259 e. The molecule has 100 valence electrons. The number of amides is 1. The van der Waals surface area contributed by atoms with Crippen LogP contribution in [-0.4, -0.2) is 17.9 Å². The average Bonchev–Trinajstić information content (AvgIpc) is 2.47. The molecule has 1 heterocycles. The first-order valence-corrected chi connectivity index (χ1v) is 6.11. The number of carbonyl (C=O) groups is 1. The SMILES string of the molecule is CNc1ncccc1C(=O)Nc1cccc(C)c1C#N. The highest BCUT2D eigenvalue weighted by Crippen LogP contribution is 2.20. The van der Waals surface area contributed by atoms with Crippen LogP contribution in [0.5, 0.6) is 0 Å². The van der Waals surface area contributed by atoms with Crippen LogP contribution in [0.2, 0.25) is 0 Å². The molecule has 5 heteroatoms. The Morgan fingerprint density at radius 1 is 1.30 bits per heavy atom. The summed E-state index contributed by atoms with van der Waals surface area (Å²) in [6, 6.07) is 10.8. The van der Waals surface area contributed by atoms with Gasteiger partial charge in [0.25, 0.3) is 5.91 Å². The number of aromatic nitrogens is 1. The van der Waals surface area contributed by atoms with E-state index >= 15 is 0 Å². The van der Waals surface area contributed by atoms with Gasteiger partial charge >= 0.3 is 0 Å². The summed E-state index contributed by atoms with van der Waals surface area (Å²) in [7, 11) is 1.70. The molecule has 0 fully saturated rings. The van der Waals surface area contributed by atoms with Gasteiger partial charge in [-0.1, -0.05) is 12.1 Å². The molecule has 20 heavy (non-hydrogen) atoms. The molecule has 0 unspecified atom stereocenters. The van der Waals surface area contributed by atoms with Crippen LogP contribution >= 0.6 is 0 Å². The van der Waals surface area contributed by atoms with E-state index in [0.717, 1.165) is 5.56 Å². The first-order valence-electron chi connectivity index (χ1n) is 6.11. The number of anilines is 2. The van der Waals surface area contributed by atoms with Crippen LogP contribution in [0.1, 0.15) is 21.5 Å². The van der Waals surface area contributed by atoms with Crippen LogP contribution in [0.25, 0.3) is 0 Å². The predicted octanol–water partition coefficient (Wildman–Crippen LogP) is 2.56. The molecule has 0 aliphatic heterocycles. The molecule has 2 aromatic rings. The van der Waals surface area contributed by atoms with Crippen molar-refractivity contribution in [2.45, 2.75) is 6.92 Å². The van der Waals surface area contributed by atoms with Crippen molar-refractivity contribution in [3.8, 4) is 6.07 Å². The van der Waals surface area contributed by atoms with E-state index in [9.17, 15) is 4.79 Å². The zero-order valence-electron chi connectivity index (χ0n) is 11.3. The maximum atomic E-state index is 12.3. The summed E-state index contributed by atoms with van der Waals surface area (Å²) >= 11 is 0. The lowest BCUT2D eigenvalue weighted by atomic mass is 10.1. The van der Waals surface area contributed by atoms with E-state index in [1.165, 1.54) is 0 Å². The minimum atomic E-state index is -0.301. The monoisotopic (exact) mass is 266 g/mol. The van der Waals surface area contributed by atoms with E-state index in [0.29, 0.717) is 22.6 Å². The number of hydrogen-bond acceptors (Lipinski definition) is 4. The van der Waals surface area contributed by atoms with E-state index in [1.807, 2.05) is 13.0 Å². The number of pyridine rings is 1. The standard InChI is InChI=1S/C15H14N4O/c1-10-5-3-7-13(12(10)9-16)19-15(20)11-6-4-8-18-14(11)17-2/h3-8H,1-2H3,(H,17,18)(H,19,20). The molecule has 0 saturated carbocycles. The second-order valence-corrected chi connectivity index (χ2v) is 4.21. The summed E-state index contributed by atoms with van der Waals surface area (Å²) in [5.41, 5.74) is 2.23. The number of hydrogen-bond donors (Lipinski definition) is 2. The quantitative estimate of drug-likeness (QED) is 0.895. The van der Waals surface area contributed by atoms with E-state index in [4.69, 9.17) is 5.26 Å². The normalized spacial score (nSPS) is 9.65. The second kappa shape index (κ2) is 5.85. The van der Waals surface area contributed by atoms with Gasteiger partial charge in [0.2, 0.25) is 0 Å². The summed E-state index contributed by atoms with van der Waals surface area (Å²) in [5.74, 6) is 0.195. The van der Waals surface area contributed by atoms with Gasteiger partial charge in [0, 0.05) is 13.2 Å². The molecule has 5 nitrogen and oxygen atoms in total. The van der Waals surface area contributed by atoms with Gasteiger partial charge in [-0.3, -0.25) is 4.79 Å². The molecule has 0 spiro atoms. The largest absolute Gasteiger partial charge is 0.372 e. The van der Waals surface area contributed by atoms with Crippen LogP contribution in [0.15, 0.2) is 36.5 Å². The Hall–Kier alpha value is -2.87. The van der Waals surface area contributed by atoms with Crippen molar-refractivity contribution in [3.63, 3.8) is 0 Å².